The minimum atomic E-state index is -3.42. The fourth-order valence-electron chi connectivity index (χ4n) is 1.67. The summed E-state index contributed by atoms with van der Waals surface area (Å²) in [6.45, 7) is 1.32. The van der Waals surface area contributed by atoms with Crippen molar-refractivity contribution in [3.05, 3.63) is 24.3 Å². The second-order valence-corrected chi connectivity index (χ2v) is 5.92. The molecular weight excluding hydrogens is 230 g/mol. The molecule has 1 aliphatic rings. The molecule has 0 fully saturated rings. The molecule has 0 saturated carbocycles. The maximum Gasteiger partial charge on any atom is 0.232 e. The highest BCUT2D eigenvalue weighted by molar-refractivity contribution is 7.92. The number of nitrogens with zero attached hydrogens (tertiary/aromatic N) is 1. The van der Waals surface area contributed by atoms with Crippen LogP contribution in [0.1, 0.15) is 6.92 Å². The summed E-state index contributed by atoms with van der Waals surface area (Å²) in [6.07, 6.45) is 1.10. The zero-order chi connectivity index (χ0) is 12.0. The Kier molecular flexibility index (Phi) is 2.36. The molecule has 0 amide bonds. The molecule has 1 aromatic rings. The first kappa shape index (κ1) is 11.2. The van der Waals surface area contributed by atoms with Gasteiger partial charge in [0, 0.05) is 6.92 Å². The Labute approximate surface area is 94.3 Å². The van der Waals surface area contributed by atoms with Gasteiger partial charge < -0.3 is 9.84 Å². The van der Waals surface area contributed by atoms with Crippen molar-refractivity contribution in [2.75, 3.05) is 17.1 Å². The lowest BCUT2D eigenvalue weighted by Crippen LogP contribution is -2.50. The third kappa shape index (κ3) is 1.98. The molecule has 0 aromatic heterocycles. The molecule has 1 atom stereocenters. The zero-order valence-corrected chi connectivity index (χ0v) is 9.86. The van der Waals surface area contributed by atoms with Crippen molar-refractivity contribution in [1.29, 1.82) is 0 Å². The van der Waals surface area contributed by atoms with Crippen molar-refractivity contribution < 1.29 is 18.3 Å². The van der Waals surface area contributed by atoms with Gasteiger partial charge in [0.05, 0.1) is 18.5 Å². The van der Waals surface area contributed by atoms with Crippen LogP contribution in [0, 0.1) is 0 Å². The Hall–Kier alpha value is -1.27. The first-order chi connectivity index (χ1) is 7.30. The van der Waals surface area contributed by atoms with Crippen LogP contribution in [0.15, 0.2) is 24.3 Å². The second kappa shape index (κ2) is 3.36. The number of anilines is 1. The van der Waals surface area contributed by atoms with E-state index in [1.54, 1.807) is 24.3 Å². The van der Waals surface area contributed by atoms with Gasteiger partial charge in [0.1, 0.15) is 5.75 Å². The van der Waals surface area contributed by atoms with Gasteiger partial charge in [-0.25, -0.2) is 8.42 Å². The molecule has 0 radical (unpaired) electrons. The Bertz CT molecular complexity index is 509. The molecule has 1 heterocycles. The number of fused-ring (bicyclic) bond motifs is 1. The lowest BCUT2D eigenvalue weighted by atomic mass is 10.2. The van der Waals surface area contributed by atoms with Crippen LogP contribution in [-0.2, 0) is 10.0 Å². The van der Waals surface area contributed by atoms with Crippen LogP contribution in [0.5, 0.6) is 5.75 Å². The zero-order valence-electron chi connectivity index (χ0n) is 9.04. The van der Waals surface area contributed by atoms with E-state index in [1.165, 1.54) is 6.92 Å². The molecular formula is C10H13NO4S. The molecule has 5 nitrogen and oxygen atoms in total. The van der Waals surface area contributed by atoms with Gasteiger partial charge in [0.2, 0.25) is 15.8 Å². The lowest BCUT2D eigenvalue weighted by Gasteiger charge is -2.37. The molecule has 0 aliphatic carbocycles. The summed E-state index contributed by atoms with van der Waals surface area (Å²) >= 11 is 0. The normalized spacial score (nSPS) is 24.8. The van der Waals surface area contributed by atoms with Crippen LogP contribution in [-0.4, -0.2) is 32.1 Å². The number of para-hydroxylation sites is 2. The van der Waals surface area contributed by atoms with E-state index in [0.717, 1.165) is 10.6 Å². The molecule has 1 aliphatic heterocycles. The smallest absolute Gasteiger partial charge is 0.232 e. The standard InChI is InChI=1S/C10H13NO4S/c1-10(12)7-11(16(2,13)14)8-5-3-4-6-9(8)15-10/h3-6,12H,7H2,1-2H3. The number of aliphatic hydroxyl groups is 1. The van der Waals surface area contributed by atoms with Gasteiger partial charge in [0.25, 0.3) is 0 Å². The van der Waals surface area contributed by atoms with E-state index in [4.69, 9.17) is 4.74 Å². The van der Waals surface area contributed by atoms with Crippen LogP contribution in [0.2, 0.25) is 0 Å². The molecule has 6 heteroatoms. The maximum absolute atomic E-state index is 11.6. The second-order valence-electron chi connectivity index (χ2n) is 4.01. The maximum atomic E-state index is 11.6. The Morgan fingerprint density at radius 1 is 1.44 bits per heavy atom. The largest absolute Gasteiger partial charge is 0.459 e. The fourth-order valence-corrected chi connectivity index (χ4v) is 2.65. The van der Waals surface area contributed by atoms with Gasteiger partial charge in [-0.1, -0.05) is 12.1 Å². The number of hydrogen-bond donors (Lipinski definition) is 1. The molecule has 88 valence electrons. The van der Waals surface area contributed by atoms with E-state index in [9.17, 15) is 13.5 Å². The van der Waals surface area contributed by atoms with Crippen LogP contribution in [0.25, 0.3) is 0 Å². The van der Waals surface area contributed by atoms with Crippen molar-refractivity contribution >= 4 is 15.7 Å². The molecule has 1 aromatic carbocycles. The summed E-state index contributed by atoms with van der Waals surface area (Å²) in [5.74, 6) is -1.14. The Morgan fingerprint density at radius 2 is 2.06 bits per heavy atom. The van der Waals surface area contributed by atoms with E-state index in [-0.39, 0.29) is 6.54 Å². The Morgan fingerprint density at radius 3 is 2.69 bits per heavy atom. The summed E-state index contributed by atoms with van der Waals surface area (Å²) in [5, 5.41) is 9.83. The summed E-state index contributed by atoms with van der Waals surface area (Å²) in [5.41, 5.74) is 0.455. The molecule has 1 unspecified atom stereocenters. The summed E-state index contributed by atoms with van der Waals surface area (Å²) < 4.78 is 29.6. The van der Waals surface area contributed by atoms with Gasteiger partial charge in [-0.15, -0.1) is 0 Å². The average molecular weight is 243 g/mol. The van der Waals surface area contributed by atoms with Crippen LogP contribution < -0.4 is 9.04 Å². The molecule has 1 N–H and O–H groups in total. The average Bonchev–Trinajstić information content (AvgIpc) is 2.13. The van der Waals surface area contributed by atoms with E-state index < -0.39 is 15.8 Å². The van der Waals surface area contributed by atoms with E-state index in [1.807, 2.05) is 0 Å². The molecule has 0 spiro atoms. The SMILES string of the molecule is CC1(O)CN(S(C)(=O)=O)c2ccccc2O1. The van der Waals surface area contributed by atoms with E-state index in [0.29, 0.717) is 11.4 Å². The van der Waals surface area contributed by atoms with Gasteiger partial charge in [-0.05, 0) is 12.1 Å². The number of sulfonamides is 1. The highest BCUT2D eigenvalue weighted by Gasteiger charge is 2.37. The van der Waals surface area contributed by atoms with Crippen molar-refractivity contribution in [1.82, 2.24) is 0 Å². The van der Waals surface area contributed by atoms with E-state index >= 15 is 0 Å². The first-order valence-electron chi connectivity index (χ1n) is 4.78. The fraction of sp³-hybridized carbons (Fsp3) is 0.400. The van der Waals surface area contributed by atoms with Crippen LogP contribution >= 0.6 is 0 Å². The lowest BCUT2D eigenvalue weighted by molar-refractivity contribution is -0.116. The number of benzene rings is 1. The minimum absolute atomic E-state index is 0.108. The van der Waals surface area contributed by atoms with Crippen molar-refractivity contribution in [2.45, 2.75) is 12.7 Å². The summed E-state index contributed by atoms with van der Waals surface area (Å²) in [6, 6.07) is 6.72. The number of rotatable bonds is 1. The third-order valence-electron chi connectivity index (χ3n) is 2.30. The van der Waals surface area contributed by atoms with Gasteiger partial charge in [-0.2, -0.15) is 0 Å². The topological polar surface area (TPSA) is 66.8 Å². The molecule has 2 rings (SSSR count). The van der Waals surface area contributed by atoms with Crippen molar-refractivity contribution in [3.8, 4) is 5.75 Å². The molecule has 0 saturated heterocycles. The van der Waals surface area contributed by atoms with Crippen LogP contribution in [0.3, 0.4) is 0 Å². The van der Waals surface area contributed by atoms with Gasteiger partial charge in [-0.3, -0.25) is 4.31 Å². The molecule has 0 bridgehead atoms. The first-order valence-corrected chi connectivity index (χ1v) is 6.63. The minimum Gasteiger partial charge on any atom is -0.459 e. The predicted molar refractivity (Wildman–Crippen MR) is 59.9 cm³/mol. The number of hydrogen-bond acceptors (Lipinski definition) is 4. The number of ether oxygens (including phenoxy) is 1. The highest BCUT2D eigenvalue weighted by atomic mass is 32.2. The molecule has 16 heavy (non-hydrogen) atoms. The third-order valence-corrected chi connectivity index (χ3v) is 3.43. The van der Waals surface area contributed by atoms with Gasteiger partial charge >= 0.3 is 0 Å². The Balaban J connectivity index is 2.57. The van der Waals surface area contributed by atoms with Crippen molar-refractivity contribution in [3.63, 3.8) is 0 Å². The summed E-state index contributed by atoms with van der Waals surface area (Å²) in [7, 11) is -3.42. The van der Waals surface area contributed by atoms with Gasteiger partial charge in [0.15, 0.2) is 0 Å². The summed E-state index contributed by atoms with van der Waals surface area (Å²) in [4.78, 5) is 0. The number of β-amino-alcohol motifs (C(OH)–C–C–N with tert-alkyl or cyclic N) is 1. The predicted octanol–water partition coefficient (Wildman–Crippen LogP) is 0.553. The quantitative estimate of drug-likeness (QED) is 0.782. The van der Waals surface area contributed by atoms with E-state index in [2.05, 4.69) is 0 Å². The monoisotopic (exact) mass is 243 g/mol. The van der Waals surface area contributed by atoms with Crippen molar-refractivity contribution in [2.24, 2.45) is 0 Å². The highest BCUT2D eigenvalue weighted by Crippen LogP contribution is 2.36. The van der Waals surface area contributed by atoms with Crippen LogP contribution in [0.4, 0.5) is 5.69 Å².